The fourth-order valence-corrected chi connectivity index (χ4v) is 2.34. The number of anilines is 2. The van der Waals surface area contributed by atoms with Gasteiger partial charge in [0.15, 0.2) is 5.58 Å². The summed E-state index contributed by atoms with van der Waals surface area (Å²) in [4.78, 5) is 27.3. The van der Waals surface area contributed by atoms with Crippen molar-refractivity contribution < 1.29 is 14.0 Å². The van der Waals surface area contributed by atoms with Crippen molar-refractivity contribution in [3.05, 3.63) is 53.1 Å². The third-order valence-electron chi connectivity index (χ3n) is 3.23. The summed E-state index contributed by atoms with van der Waals surface area (Å²) in [5.74, 6) is -0.420. The second-order valence-electron chi connectivity index (χ2n) is 5.23. The first-order chi connectivity index (χ1) is 11.5. The molecule has 0 saturated heterocycles. The van der Waals surface area contributed by atoms with E-state index in [1.165, 1.54) is 6.92 Å². The smallest absolute Gasteiger partial charge is 0.302 e. The molecular formula is C17H14ClN3O3. The molecule has 0 unspecified atom stereocenters. The van der Waals surface area contributed by atoms with E-state index in [0.717, 1.165) is 5.56 Å². The van der Waals surface area contributed by atoms with Crippen LogP contribution in [0.15, 0.2) is 46.9 Å². The van der Waals surface area contributed by atoms with E-state index in [1.54, 1.807) is 42.5 Å². The van der Waals surface area contributed by atoms with Crippen LogP contribution in [-0.4, -0.2) is 16.8 Å². The molecule has 7 heteroatoms. The summed E-state index contributed by atoms with van der Waals surface area (Å²) in [6.45, 7) is 1.42. The number of carbonyl (C=O) groups excluding carboxylic acids is 2. The molecule has 0 fully saturated rings. The first-order valence-electron chi connectivity index (χ1n) is 7.22. The van der Waals surface area contributed by atoms with Crippen molar-refractivity contribution in [2.75, 3.05) is 10.6 Å². The largest absolute Gasteiger partial charge is 0.423 e. The maximum atomic E-state index is 12.1. The minimum atomic E-state index is -0.244. The van der Waals surface area contributed by atoms with E-state index >= 15 is 0 Å². The predicted molar refractivity (Wildman–Crippen MR) is 92.1 cm³/mol. The molecule has 1 heterocycles. The van der Waals surface area contributed by atoms with Crippen LogP contribution >= 0.6 is 11.6 Å². The zero-order valence-corrected chi connectivity index (χ0v) is 13.6. The molecule has 3 rings (SSSR count). The van der Waals surface area contributed by atoms with Gasteiger partial charge >= 0.3 is 6.01 Å². The van der Waals surface area contributed by atoms with Crippen molar-refractivity contribution in [1.82, 2.24) is 4.98 Å². The number of oxazole rings is 1. The Hall–Kier alpha value is -2.86. The Bertz CT molecular complexity index is 903. The number of fused-ring (bicyclic) bond motifs is 1. The number of carbonyl (C=O) groups is 2. The number of nitrogens with one attached hydrogen (secondary N) is 2. The number of halogens is 1. The van der Waals surface area contributed by atoms with Gasteiger partial charge in [0, 0.05) is 23.7 Å². The number of rotatable bonds is 4. The van der Waals surface area contributed by atoms with Crippen LogP contribution in [0.1, 0.15) is 12.5 Å². The average molecular weight is 344 g/mol. The highest BCUT2D eigenvalue weighted by Gasteiger charge is 2.11. The van der Waals surface area contributed by atoms with Crippen LogP contribution in [0.2, 0.25) is 5.02 Å². The van der Waals surface area contributed by atoms with Gasteiger partial charge in [0.1, 0.15) is 5.52 Å². The van der Waals surface area contributed by atoms with Crippen molar-refractivity contribution in [2.45, 2.75) is 13.3 Å². The quantitative estimate of drug-likeness (QED) is 0.757. The summed E-state index contributed by atoms with van der Waals surface area (Å²) < 4.78 is 5.50. The van der Waals surface area contributed by atoms with Crippen LogP contribution < -0.4 is 10.6 Å². The first kappa shape index (κ1) is 16.0. The van der Waals surface area contributed by atoms with Gasteiger partial charge in [-0.15, -0.1) is 0 Å². The molecule has 24 heavy (non-hydrogen) atoms. The average Bonchev–Trinajstić information content (AvgIpc) is 2.90. The van der Waals surface area contributed by atoms with Crippen LogP contribution in [0.5, 0.6) is 0 Å². The van der Waals surface area contributed by atoms with E-state index in [0.29, 0.717) is 21.8 Å². The Labute approximate surface area is 142 Å². The highest BCUT2D eigenvalue weighted by molar-refractivity contribution is 6.30. The minimum absolute atomic E-state index is 0.115. The maximum absolute atomic E-state index is 12.1. The Kier molecular flexibility index (Phi) is 4.48. The summed E-state index contributed by atoms with van der Waals surface area (Å²) >= 11 is 5.82. The monoisotopic (exact) mass is 343 g/mol. The first-order valence-corrected chi connectivity index (χ1v) is 7.60. The summed E-state index contributed by atoms with van der Waals surface area (Å²) in [6, 6.07) is 12.2. The molecule has 1 aromatic heterocycles. The standard InChI is InChI=1S/C17H14ClN3O3/c1-10(22)19-13-6-7-14-15(9-13)24-17(20-14)21-16(23)8-11-2-4-12(18)5-3-11/h2-7,9H,8H2,1H3,(H,19,22)(H,20,21,23). The lowest BCUT2D eigenvalue weighted by atomic mass is 10.1. The zero-order chi connectivity index (χ0) is 17.1. The van der Waals surface area contributed by atoms with Gasteiger partial charge in [-0.05, 0) is 29.8 Å². The summed E-state index contributed by atoms with van der Waals surface area (Å²) in [6.07, 6.45) is 0.188. The van der Waals surface area contributed by atoms with E-state index in [1.807, 2.05) is 0 Å². The highest BCUT2D eigenvalue weighted by Crippen LogP contribution is 2.22. The molecule has 122 valence electrons. The van der Waals surface area contributed by atoms with Crippen LogP contribution in [0.25, 0.3) is 11.1 Å². The molecule has 0 bridgehead atoms. The van der Waals surface area contributed by atoms with Gasteiger partial charge in [0.2, 0.25) is 11.8 Å². The van der Waals surface area contributed by atoms with Crippen LogP contribution in [0.3, 0.4) is 0 Å². The molecule has 0 atom stereocenters. The number of amides is 2. The minimum Gasteiger partial charge on any atom is -0.423 e. The van der Waals surface area contributed by atoms with Gasteiger partial charge in [0.25, 0.3) is 0 Å². The molecule has 2 aromatic carbocycles. The molecule has 2 N–H and O–H groups in total. The zero-order valence-electron chi connectivity index (χ0n) is 12.8. The number of benzene rings is 2. The molecule has 0 aliphatic heterocycles. The van der Waals surface area contributed by atoms with E-state index in [2.05, 4.69) is 15.6 Å². The fraction of sp³-hybridized carbons (Fsp3) is 0.118. The molecular weight excluding hydrogens is 330 g/mol. The number of hydrogen-bond acceptors (Lipinski definition) is 4. The van der Waals surface area contributed by atoms with Crippen molar-refractivity contribution >= 4 is 46.2 Å². The van der Waals surface area contributed by atoms with Gasteiger partial charge in [-0.1, -0.05) is 23.7 Å². The van der Waals surface area contributed by atoms with E-state index in [4.69, 9.17) is 16.0 Å². The second-order valence-corrected chi connectivity index (χ2v) is 5.67. The molecule has 0 radical (unpaired) electrons. The molecule has 0 aliphatic rings. The Balaban J connectivity index is 1.71. The third-order valence-corrected chi connectivity index (χ3v) is 3.49. The molecule has 6 nitrogen and oxygen atoms in total. The van der Waals surface area contributed by atoms with Gasteiger partial charge in [-0.25, -0.2) is 0 Å². The lowest BCUT2D eigenvalue weighted by molar-refractivity contribution is -0.116. The van der Waals surface area contributed by atoms with Crippen LogP contribution in [-0.2, 0) is 16.0 Å². The topological polar surface area (TPSA) is 84.2 Å². The van der Waals surface area contributed by atoms with Crippen molar-refractivity contribution in [2.24, 2.45) is 0 Å². The van der Waals surface area contributed by atoms with Gasteiger partial charge in [-0.2, -0.15) is 4.98 Å². The predicted octanol–water partition coefficient (Wildman–Crippen LogP) is 3.62. The highest BCUT2D eigenvalue weighted by atomic mass is 35.5. The van der Waals surface area contributed by atoms with Gasteiger partial charge < -0.3 is 9.73 Å². The fourth-order valence-electron chi connectivity index (χ4n) is 2.21. The lowest BCUT2D eigenvalue weighted by Gasteiger charge is -2.01. The van der Waals surface area contributed by atoms with Gasteiger partial charge in [0.05, 0.1) is 6.42 Å². The number of aromatic nitrogens is 1. The Morgan fingerprint density at radius 1 is 1.12 bits per heavy atom. The van der Waals surface area contributed by atoms with E-state index in [-0.39, 0.29) is 24.2 Å². The van der Waals surface area contributed by atoms with Crippen LogP contribution in [0.4, 0.5) is 11.7 Å². The molecule has 3 aromatic rings. The van der Waals surface area contributed by atoms with Crippen molar-refractivity contribution in [1.29, 1.82) is 0 Å². The van der Waals surface area contributed by atoms with Crippen molar-refractivity contribution in [3.8, 4) is 0 Å². The third kappa shape index (κ3) is 3.91. The van der Waals surface area contributed by atoms with Crippen molar-refractivity contribution in [3.63, 3.8) is 0 Å². The molecule has 0 aliphatic carbocycles. The molecule has 0 spiro atoms. The Morgan fingerprint density at radius 2 is 1.88 bits per heavy atom. The second kappa shape index (κ2) is 6.72. The molecule has 0 saturated carbocycles. The lowest BCUT2D eigenvalue weighted by Crippen LogP contribution is -2.14. The van der Waals surface area contributed by atoms with E-state index < -0.39 is 0 Å². The van der Waals surface area contributed by atoms with Gasteiger partial charge in [-0.3, -0.25) is 14.9 Å². The Morgan fingerprint density at radius 3 is 2.58 bits per heavy atom. The summed E-state index contributed by atoms with van der Waals surface area (Å²) in [7, 11) is 0. The van der Waals surface area contributed by atoms with E-state index in [9.17, 15) is 9.59 Å². The summed E-state index contributed by atoms with van der Waals surface area (Å²) in [5.41, 5.74) is 2.50. The van der Waals surface area contributed by atoms with Crippen LogP contribution in [0, 0.1) is 0 Å². The molecule has 2 amide bonds. The maximum Gasteiger partial charge on any atom is 0.302 e. The SMILES string of the molecule is CC(=O)Nc1ccc2nc(NC(=O)Cc3ccc(Cl)cc3)oc2c1. The number of nitrogens with zero attached hydrogens (tertiary/aromatic N) is 1. The summed E-state index contributed by atoms with van der Waals surface area (Å²) in [5, 5.41) is 5.90. The number of hydrogen-bond donors (Lipinski definition) is 2. The normalized spacial score (nSPS) is 10.6.